The van der Waals surface area contributed by atoms with Gasteiger partial charge in [-0.2, -0.15) is 14.6 Å². The zero-order chi connectivity index (χ0) is 18.1. The quantitative estimate of drug-likeness (QED) is 0.578. The Morgan fingerprint density at radius 3 is 2.73 bits per heavy atom. The monoisotopic (exact) mass is 347 g/mol. The van der Waals surface area contributed by atoms with Crippen molar-refractivity contribution < 1.29 is 4.42 Å². The number of fused-ring (bicyclic) bond motifs is 1. The zero-order valence-corrected chi connectivity index (χ0v) is 15.1. The number of hydrogen-bond acceptors (Lipinski definition) is 5. The van der Waals surface area contributed by atoms with Crippen molar-refractivity contribution >= 4 is 11.6 Å². The van der Waals surface area contributed by atoms with E-state index < -0.39 is 0 Å². The summed E-state index contributed by atoms with van der Waals surface area (Å²) in [5, 5.41) is 7.88. The van der Waals surface area contributed by atoms with Crippen molar-refractivity contribution in [2.45, 2.75) is 33.2 Å². The molecule has 26 heavy (non-hydrogen) atoms. The first kappa shape index (κ1) is 16.3. The molecule has 0 atom stereocenters. The maximum Gasteiger partial charge on any atom is 0.227 e. The number of aryl methyl sites for hydroxylation is 1. The van der Waals surface area contributed by atoms with Gasteiger partial charge < -0.3 is 9.73 Å². The summed E-state index contributed by atoms with van der Waals surface area (Å²) in [7, 11) is 0. The van der Waals surface area contributed by atoms with Crippen molar-refractivity contribution in [3.63, 3.8) is 0 Å². The Morgan fingerprint density at radius 2 is 1.96 bits per heavy atom. The maximum atomic E-state index is 5.56. The summed E-state index contributed by atoms with van der Waals surface area (Å²) in [6.07, 6.45) is 3.56. The number of benzene rings is 1. The van der Waals surface area contributed by atoms with Crippen molar-refractivity contribution in [1.29, 1.82) is 0 Å². The van der Waals surface area contributed by atoms with Crippen LogP contribution in [0.5, 0.6) is 0 Å². The minimum atomic E-state index is 0.356. The summed E-state index contributed by atoms with van der Waals surface area (Å²) in [5.41, 5.74) is 4.17. The second-order valence-electron chi connectivity index (χ2n) is 6.57. The lowest BCUT2D eigenvalue weighted by atomic mass is 10.1. The highest BCUT2D eigenvalue weighted by atomic mass is 16.3. The molecule has 0 saturated carbocycles. The molecule has 4 rings (SSSR count). The van der Waals surface area contributed by atoms with E-state index in [4.69, 9.17) is 4.42 Å². The van der Waals surface area contributed by atoms with E-state index >= 15 is 0 Å². The third-order valence-electron chi connectivity index (χ3n) is 4.37. The fourth-order valence-corrected chi connectivity index (χ4v) is 3.04. The predicted octanol–water partition coefficient (Wildman–Crippen LogP) is 4.43. The third kappa shape index (κ3) is 2.94. The van der Waals surface area contributed by atoms with Crippen LogP contribution >= 0.6 is 0 Å². The lowest BCUT2D eigenvalue weighted by molar-refractivity contribution is 0.581. The van der Waals surface area contributed by atoms with E-state index in [-0.39, 0.29) is 0 Å². The van der Waals surface area contributed by atoms with Crippen LogP contribution in [0.25, 0.3) is 17.0 Å². The summed E-state index contributed by atoms with van der Waals surface area (Å²) < 4.78 is 7.34. The van der Waals surface area contributed by atoms with Gasteiger partial charge in [-0.15, -0.1) is 0 Å². The van der Waals surface area contributed by atoms with E-state index in [9.17, 15) is 0 Å². The number of hydrogen-bond donors (Lipinski definition) is 1. The summed E-state index contributed by atoms with van der Waals surface area (Å²) in [6, 6.07) is 12.0. The molecule has 6 heteroatoms. The fraction of sp³-hybridized carbons (Fsp3) is 0.250. The smallest absolute Gasteiger partial charge is 0.227 e. The first-order valence-corrected chi connectivity index (χ1v) is 8.71. The van der Waals surface area contributed by atoms with Crippen molar-refractivity contribution in [3.05, 3.63) is 65.8 Å². The molecule has 6 nitrogen and oxygen atoms in total. The highest BCUT2D eigenvalue weighted by Crippen LogP contribution is 2.25. The second-order valence-corrected chi connectivity index (χ2v) is 6.57. The molecule has 0 aliphatic carbocycles. The molecule has 1 aromatic carbocycles. The molecule has 0 aliphatic heterocycles. The lowest BCUT2D eigenvalue weighted by Gasteiger charge is -2.11. The first-order valence-electron chi connectivity index (χ1n) is 8.71. The molecule has 4 aromatic rings. The van der Waals surface area contributed by atoms with Gasteiger partial charge in [-0.05, 0) is 30.5 Å². The Bertz CT molecular complexity index is 1030. The van der Waals surface area contributed by atoms with Crippen LogP contribution in [0.4, 0.5) is 5.95 Å². The second kappa shape index (κ2) is 6.63. The van der Waals surface area contributed by atoms with E-state index in [1.54, 1.807) is 10.8 Å². The van der Waals surface area contributed by atoms with Crippen molar-refractivity contribution in [3.8, 4) is 11.3 Å². The minimum Gasteiger partial charge on any atom is -0.464 e. The van der Waals surface area contributed by atoms with Crippen LogP contribution in [0, 0.1) is 6.92 Å². The van der Waals surface area contributed by atoms with Gasteiger partial charge in [0.15, 0.2) is 5.65 Å². The van der Waals surface area contributed by atoms with E-state index in [2.05, 4.69) is 46.4 Å². The van der Waals surface area contributed by atoms with Gasteiger partial charge >= 0.3 is 0 Å². The van der Waals surface area contributed by atoms with Crippen molar-refractivity contribution in [1.82, 2.24) is 19.6 Å². The molecule has 0 unspecified atom stereocenters. The van der Waals surface area contributed by atoms with Gasteiger partial charge in [0.2, 0.25) is 5.95 Å². The average Bonchev–Trinajstić information content (AvgIpc) is 3.29. The Morgan fingerprint density at radius 1 is 1.12 bits per heavy atom. The molecule has 0 fully saturated rings. The molecule has 0 amide bonds. The summed E-state index contributed by atoms with van der Waals surface area (Å²) in [6.45, 7) is 6.79. The predicted molar refractivity (Wildman–Crippen MR) is 101 cm³/mol. The molecule has 0 radical (unpaired) electrons. The fourth-order valence-electron chi connectivity index (χ4n) is 3.04. The topological polar surface area (TPSA) is 68.2 Å². The Labute approximate surface area is 151 Å². The first-order chi connectivity index (χ1) is 12.6. The van der Waals surface area contributed by atoms with Gasteiger partial charge in [-0.3, -0.25) is 0 Å². The standard InChI is InChI=1S/C20H21N5O/c1-13(2)17-12-22-25-19(17)23-14(3)24-20(25)21-11-15-7-4-5-8-16(15)18-9-6-10-26-18/h4-10,12-13H,11H2,1-3H3,(H,21,23,24). The molecule has 0 bridgehead atoms. The van der Waals surface area contributed by atoms with E-state index in [0.717, 1.165) is 33.9 Å². The van der Waals surface area contributed by atoms with E-state index in [1.807, 2.05) is 37.4 Å². The Balaban J connectivity index is 1.68. The maximum absolute atomic E-state index is 5.56. The van der Waals surface area contributed by atoms with Crippen LogP contribution in [0.2, 0.25) is 0 Å². The van der Waals surface area contributed by atoms with Crippen LogP contribution in [0.1, 0.15) is 36.7 Å². The van der Waals surface area contributed by atoms with Gasteiger partial charge in [-0.25, -0.2) is 4.98 Å². The number of anilines is 1. The third-order valence-corrected chi connectivity index (χ3v) is 4.37. The molecular formula is C20H21N5O. The van der Waals surface area contributed by atoms with Gasteiger partial charge in [0, 0.05) is 17.7 Å². The number of rotatable bonds is 5. The summed E-state index contributed by atoms with van der Waals surface area (Å²) in [4.78, 5) is 9.10. The van der Waals surface area contributed by atoms with Gasteiger partial charge in [-0.1, -0.05) is 38.1 Å². The SMILES string of the molecule is Cc1nc(NCc2ccccc2-c2ccco2)n2ncc(C(C)C)c2n1. The molecule has 0 aliphatic rings. The Hall–Kier alpha value is -3.15. The number of nitrogens with zero attached hydrogens (tertiary/aromatic N) is 4. The van der Waals surface area contributed by atoms with E-state index in [0.29, 0.717) is 18.4 Å². The Kier molecular flexibility index (Phi) is 4.16. The highest BCUT2D eigenvalue weighted by Gasteiger charge is 2.14. The normalized spacial score (nSPS) is 11.4. The van der Waals surface area contributed by atoms with Crippen molar-refractivity contribution in [2.24, 2.45) is 0 Å². The number of furan rings is 1. The highest BCUT2D eigenvalue weighted by molar-refractivity contribution is 5.62. The molecule has 132 valence electrons. The summed E-state index contributed by atoms with van der Waals surface area (Å²) in [5.74, 6) is 2.62. The van der Waals surface area contributed by atoms with Crippen LogP contribution in [0.3, 0.4) is 0 Å². The van der Waals surface area contributed by atoms with Crippen LogP contribution in [0.15, 0.2) is 53.3 Å². The number of nitrogens with one attached hydrogen (secondary N) is 1. The van der Waals surface area contributed by atoms with Crippen LogP contribution < -0.4 is 5.32 Å². The van der Waals surface area contributed by atoms with Gasteiger partial charge in [0.25, 0.3) is 0 Å². The van der Waals surface area contributed by atoms with Crippen LogP contribution in [-0.2, 0) is 6.54 Å². The molecule has 3 aromatic heterocycles. The average molecular weight is 347 g/mol. The summed E-state index contributed by atoms with van der Waals surface area (Å²) >= 11 is 0. The minimum absolute atomic E-state index is 0.356. The molecular weight excluding hydrogens is 326 g/mol. The van der Waals surface area contributed by atoms with Gasteiger partial charge in [0.05, 0.1) is 12.5 Å². The van der Waals surface area contributed by atoms with E-state index in [1.165, 1.54) is 0 Å². The van der Waals surface area contributed by atoms with Gasteiger partial charge in [0.1, 0.15) is 11.6 Å². The zero-order valence-electron chi connectivity index (χ0n) is 15.1. The molecule has 0 spiro atoms. The molecule has 3 heterocycles. The molecule has 1 N–H and O–H groups in total. The number of aromatic nitrogens is 4. The molecule has 0 saturated heterocycles. The lowest BCUT2D eigenvalue weighted by Crippen LogP contribution is -2.10. The van der Waals surface area contributed by atoms with Crippen molar-refractivity contribution in [2.75, 3.05) is 5.32 Å². The van der Waals surface area contributed by atoms with Crippen LogP contribution in [-0.4, -0.2) is 19.6 Å². The largest absolute Gasteiger partial charge is 0.464 e.